The van der Waals surface area contributed by atoms with Crippen molar-refractivity contribution in [3.05, 3.63) is 21.3 Å². The molecule has 0 aliphatic carbocycles. The molecule has 12 heavy (non-hydrogen) atoms. The van der Waals surface area contributed by atoms with Crippen molar-refractivity contribution in [2.75, 3.05) is 0 Å². The van der Waals surface area contributed by atoms with Crippen LogP contribution in [-0.2, 0) is 0 Å². The van der Waals surface area contributed by atoms with Gasteiger partial charge in [0.05, 0.1) is 4.34 Å². The largest absolute Gasteiger partial charge is 0.419 e. The summed E-state index contributed by atoms with van der Waals surface area (Å²) in [6, 6.07) is 2.47. The predicted octanol–water partition coefficient (Wildman–Crippen LogP) is 3.00. The molecule has 0 fully saturated rings. The van der Waals surface area contributed by atoms with Crippen LogP contribution in [0.3, 0.4) is 0 Å². The van der Waals surface area contributed by atoms with Gasteiger partial charge in [0.25, 0.3) is 0 Å². The molecule has 0 aliphatic rings. The van der Waals surface area contributed by atoms with E-state index in [1.54, 1.807) is 0 Å². The van der Waals surface area contributed by atoms with E-state index in [-0.39, 0.29) is 9.21 Å². The maximum absolute atomic E-state index is 11.9. The lowest BCUT2D eigenvalue weighted by molar-refractivity contribution is -0.205. The van der Waals surface area contributed by atoms with E-state index in [1.807, 2.05) is 0 Å². The van der Waals surface area contributed by atoms with E-state index < -0.39 is 12.3 Å². The summed E-state index contributed by atoms with van der Waals surface area (Å²) in [6.45, 7) is 0. The maximum atomic E-state index is 11.9. The Morgan fingerprint density at radius 2 is 2.00 bits per heavy atom. The summed E-state index contributed by atoms with van der Waals surface area (Å²) < 4.78 is 35.8. The first-order valence-corrected chi connectivity index (χ1v) is 4.10. The van der Waals surface area contributed by atoms with Crippen molar-refractivity contribution in [1.29, 1.82) is 0 Å². The molecule has 1 aromatic rings. The van der Waals surface area contributed by atoms with Crippen LogP contribution in [0, 0.1) is 0 Å². The van der Waals surface area contributed by atoms with E-state index >= 15 is 0 Å². The standard InChI is InChI=1S/C6H4ClF3OS/c7-4-2-1-3(12-4)5(11)6(8,9)10/h1-2,5,11H. The molecule has 0 bridgehead atoms. The molecule has 68 valence electrons. The highest BCUT2D eigenvalue weighted by Crippen LogP contribution is 2.36. The molecule has 1 unspecified atom stereocenters. The smallest absolute Gasteiger partial charge is 0.379 e. The van der Waals surface area contributed by atoms with Crippen molar-refractivity contribution in [2.45, 2.75) is 12.3 Å². The number of hydrogen-bond acceptors (Lipinski definition) is 2. The number of thiophene rings is 1. The Morgan fingerprint density at radius 1 is 1.42 bits per heavy atom. The number of alkyl halides is 3. The van der Waals surface area contributed by atoms with E-state index in [9.17, 15) is 13.2 Å². The minimum absolute atomic E-state index is 0.187. The van der Waals surface area contributed by atoms with Gasteiger partial charge >= 0.3 is 6.18 Å². The fraction of sp³-hybridized carbons (Fsp3) is 0.333. The van der Waals surface area contributed by atoms with Gasteiger partial charge in [-0.3, -0.25) is 0 Å². The molecule has 1 atom stereocenters. The highest BCUT2D eigenvalue weighted by molar-refractivity contribution is 7.16. The lowest BCUT2D eigenvalue weighted by Crippen LogP contribution is -2.18. The van der Waals surface area contributed by atoms with E-state index in [0.29, 0.717) is 0 Å². The molecule has 1 nitrogen and oxygen atoms in total. The fourth-order valence-electron chi connectivity index (χ4n) is 0.637. The average Bonchev–Trinajstić information content (AvgIpc) is 2.32. The van der Waals surface area contributed by atoms with E-state index in [4.69, 9.17) is 16.7 Å². The van der Waals surface area contributed by atoms with E-state index in [1.165, 1.54) is 6.07 Å². The van der Waals surface area contributed by atoms with Crippen LogP contribution in [-0.4, -0.2) is 11.3 Å². The summed E-state index contributed by atoms with van der Waals surface area (Å²) in [4.78, 5) is -0.187. The Morgan fingerprint density at radius 3 is 2.33 bits per heavy atom. The second-order valence-electron chi connectivity index (χ2n) is 2.09. The normalized spacial score (nSPS) is 14.8. The highest BCUT2D eigenvalue weighted by Gasteiger charge is 2.40. The first-order valence-electron chi connectivity index (χ1n) is 2.91. The maximum Gasteiger partial charge on any atom is 0.419 e. The molecular weight excluding hydrogens is 213 g/mol. The van der Waals surface area contributed by atoms with Crippen LogP contribution in [0.1, 0.15) is 11.0 Å². The quantitative estimate of drug-likeness (QED) is 0.765. The molecule has 0 spiro atoms. The zero-order chi connectivity index (χ0) is 9.35. The molecule has 0 amide bonds. The van der Waals surface area contributed by atoms with Gasteiger partial charge in [0.15, 0.2) is 6.10 Å². The number of aliphatic hydroxyl groups excluding tert-OH is 1. The van der Waals surface area contributed by atoms with Gasteiger partial charge in [0, 0.05) is 4.88 Å². The minimum atomic E-state index is -4.62. The van der Waals surface area contributed by atoms with Crippen LogP contribution in [0.25, 0.3) is 0 Å². The van der Waals surface area contributed by atoms with Crippen molar-refractivity contribution in [1.82, 2.24) is 0 Å². The van der Waals surface area contributed by atoms with Crippen LogP contribution in [0.4, 0.5) is 13.2 Å². The second-order valence-corrected chi connectivity index (χ2v) is 3.83. The summed E-state index contributed by atoms with van der Waals surface area (Å²) >= 11 is 6.11. The summed E-state index contributed by atoms with van der Waals surface area (Å²) in [5.41, 5.74) is 0. The van der Waals surface area contributed by atoms with E-state index in [0.717, 1.165) is 17.4 Å². The zero-order valence-corrected chi connectivity index (χ0v) is 7.17. The summed E-state index contributed by atoms with van der Waals surface area (Å²) in [5.74, 6) is 0. The molecule has 1 rings (SSSR count). The van der Waals surface area contributed by atoms with Crippen molar-refractivity contribution in [3.63, 3.8) is 0 Å². The third kappa shape index (κ3) is 2.12. The summed E-state index contributed by atoms with van der Waals surface area (Å²) in [6.07, 6.45) is -7.04. The Hall–Kier alpha value is -0.260. The molecule has 0 aromatic carbocycles. The SMILES string of the molecule is OC(c1ccc(Cl)s1)C(F)(F)F. The van der Waals surface area contributed by atoms with Crippen molar-refractivity contribution in [2.24, 2.45) is 0 Å². The van der Waals surface area contributed by atoms with Crippen LogP contribution in [0.2, 0.25) is 4.34 Å². The highest BCUT2D eigenvalue weighted by atomic mass is 35.5. The monoisotopic (exact) mass is 216 g/mol. The molecule has 1 N–H and O–H groups in total. The molecule has 0 saturated carbocycles. The second kappa shape index (κ2) is 3.24. The topological polar surface area (TPSA) is 20.2 Å². The van der Waals surface area contributed by atoms with Gasteiger partial charge in [-0.05, 0) is 12.1 Å². The molecule has 6 heteroatoms. The number of rotatable bonds is 1. The first-order chi connectivity index (χ1) is 5.41. The van der Waals surface area contributed by atoms with Crippen molar-refractivity contribution < 1.29 is 18.3 Å². The third-order valence-electron chi connectivity index (χ3n) is 1.17. The van der Waals surface area contributed by atoms with Gasteiger partial charge in [-0.15, -0.1) is 11.3 Å². The predicted molar refractivity (Wildman–Crippen MR) is 40.3 cm³/mol. The first kappa shape index (κ1) is 9.83. The van der Waals surface area contributed by atoms with Crippen molar-refractivity contribution >= 4 is 22.9 Å². The molecule has 0 radical (unpaired) electrons. The van der Waals surface area contributed by atoms with Crippen LogP contribution < -0.4 is 0 Å². The van der Waals surface area contributed by atoms with Crippen LogP contribution in [0.5, 0.6) is 0 Å². The zero-order valence-electron chi connectivity index (χ0n) is 5.60. The molecule has 0 saturated heterocycles. The molecule has 1 heterocycles. The molecule has 1 aromatic heterocycles. The van der Waals surface area contributed by atoms with Gasteiger partial charge < -0.3 is 5.11 Å². The van der Waals surface area contributed by atoms with E-state index in [2.05, 4.69) is 0 Å². The average molecular weight is 217 g/mol. The summed E-state index contributed by atoms with van der Waals surface area (Å²) in [7, 11) is 0. The number of hydrogen-bond donors (Lipinski definition) is 1. The minimum Gasteiger partial charge on any atom is -0.379 e. The fourth-order valence-corrected chi connectivity index (χ4v) is 1.71. The Bertz CT molecular complexity index is 270. The lowest BCUT2D eigenvalue weighted by Gasteiger charge is -2.11. The third-order valence-corrected chi connectivity index (χ3v) is 2.46. The van der Waals surface area contributed by atoms with Crippen molar-refractivity contribution in [3.8, 4) is 0 Å². The van der Waals surface area contributed by atoms with Crippen LogP contribution >= 0.6 is 22.9 Å². The Balaban J connectivity index is 2.85. The van der Waals surface area contributed by atoms with Gasteiger partial charge in [0.2, 0.25) is 0 Å². The van der Waals surface area contributed by atoms with Gasteiger partial charge in [0.1, 0.15) is 0 Å². The number of halogens is 4. The van der Waals surface area contributed by atoms with Gasteiger partial charge in [-0.1, -0.05) is 11.6 Å². The molecule has 0 aliphatic heterocycles. The Kier molecular flexibility index (Phi) is 2.65. The molecular formula is C6H4ClF3OS. The van der Waals surface area contributed by atoms with Gasteiger partial charge in [-0.25, -0.2) is 0 Å². The number of aliphatic hydroxyl groups is 1. The van der Waals surface area contributed by atoms with Crippen LogP contribution in [0.15, 0.2) is 12.1 Å². The lowest BCUT2D eigenvalue weighted by atomic mass is 10.3. The van der Waals surface area contributed by atoms with Gasteiger partial charge in [-0.2, -0.15) is 13.2 Å². The summed E-state index contributed by atoms with van der Waals surface area (Å²) in [5, 5.41) is 8.70. The Labute approximate surface area is 75.4 Å².